The molecule has 5 nitrogen and oxygen atoms in total. The lowest BCUT2D eigenvalue weighted by atomic mass is 10.1. The number of aliphatic carboxylic acids is 1. The summed E-state index contributed by atoms with van der Waals surface area (Å²) in [5, 5.41) is 15.1. The van der Waals surface area contributed by atoms with E-state index in [0.29, 0.717) is 18.1 Å². The number of thiazole rings is 1. The van der Waals surface area contributed by atoms with Crippen LogP contribution in [0.4, 0.5) is 0 Å². The van der Waals surface area contributed by atoms with Crippen LogP contribution < -0.4 is 0 Å². The van der Waals surface area contributed by atoms with Gasteiger partial charge < -0.3 is 5.11 Å². The molecule has 0 spiro atoms. The Labute approximate surface area is 183 Å². The molecule has 2 aromatic carbocycles. The molecule has 0 aliphatic carbocycles. The van der Waals surface area contributed by atoms with Gasteiger partial charge in [-0.2, -0.15) is 5.10 Å². The molecule has 0 unspecified atom stereocenters. The maximum atomic E-state index is 11.2. The van der Waals surface area contributed by atoms with Crippen molar-refractivity contribution in [2.75, 3.05) is 0 Å². The fourth-order valence-corrected chi connectivity index (χ4v) is 4.56. The number of para-hydroxylation sites is 1. The van der Waals surface area contributed by atoms with Gasteiger partial charge in [0.25, 0.3) is 0 Å². The Kier molecular flexibility index (Phi) is 5.97. The molecule has 0 amide bonds. The minimum absolute atomic E-state index is 0.0244. The maximum Gasteiger partial charge on any atom is 0.303 e. The molecule has 0 saturated carbocycles. The Morgan fingerprint density at radius 2 is 1.87 bits per heavy atom. The van der Waals surface area contributed by atoms with Crippen LogP contribution in [-0.2, 0) is 11.3 Å². The van der Waals surface area contributed by atoms with Gasteiger partial charge in [0.1, 0.15) is 10.2 Å². The van der Waals surface area contributed by atoms with Gasteiger partial charge in [-0.05, 0) is 42.7 Å². The van der Waals surface area contributed by atoms with E-state index >= 15 is 0 Å². The molecule has 4 aromatic rings. The zero-order valence-corrected chi connectivity index (χ0v) is 18.0. The Hall–Kier alpha value is -2.96. The van der Waals surface area contributed by atoms with E-state index in [9.17, 15) is 9.90 Å². The van der Waals surface area contributed by atoms with Crippen molar-refractivity contribution in [3.05, 3.63) is 81.6 Å². The summed E-state index contributed by atoms with van der Waals surface area (Å²) >= 11 is 8.23. The average Bonchev–Trinajstić information content (AvgIpc) is 3.27. The monoisotopic (exact) mass is 437 g/mol. The molecule has 1 N–H and O–H groups in total. The lowest BCUT2D eigenvalue weighted by Gasteiger charge is -2.05. The smallest absolute Gasteiger partial charge is 0.303 e. The summed E-state index contributed by atoms with van der Waals surface area (Å²) in [4.78, 5) is 15.9. The predicted molar refractivity (Wildman–Crippen MR) is 122 cm³/mol. The number of halogens is 1. The first kappa shape index (κ1) is 20.3. The van der Waals surface area contributed by atoms with Crippen LogP contribution in [0.5, 0.6) is 0 Å². The number of nitrogens with zero attached hydrogens (tertiary/aromatic N) is 3. The Morgan fingerprint density at radius 1 is 1.13 bits per heavy atom. The topological polar surface area (TPSA) is 68.0 Å². The predicted octanol–water partition coefficient (Wildman–Crippen LogP) is 5.91. The van der Waals surface area contributed by atoms with Crippen molar-refractivity contribution in [2.24, 2.45) is 0 Å². The van der Waals surface area contributed by atoms with Crippen molar-refractivity contribution >= 4 is 50.8 Å². The van der Waals surface area contributed by atoms with Gasteiger partial charge in [-0.25, -0.2) is 9.67 Å². The van der Waals surface area contributed by atoms with Crippen molar-refractivity contribution in [3.63, 3.8) is 0 Å². The molecule has 2 aromatic heterocycles. The van der Waals surface area contributed by atoms with Gasteiger partial charge in [0.15, 0.2) is 0 Å². The molecule has 152 valence electrons. The van der Waals surface area contributed by atoms with Crippen molar-refractivity contribution in [1.82, 2.24) is 14.8 Å². The quantitative estimate of drug-likeness (QED) is 0.390. The van der Waals surface area contributed by atoms with Crippen LogP contribution in [0.25, 0.3) is 21.9 Å². The summed E-state index contributed by atoms with van der Waals surface area (Å²) < 4.78 is 2.84. The summed E-state index contributed by atoms with van der Waals surface area (Å²) in [6.45, 7) is 2.48. The number of aromatic nitrogens is 3. The Bertz CT molecular complexity index is 1190. The zero-order chi connectivity index (χ0) is 21.1. The molecule has 0 atom stereocenters. The SMILES string of the molecule is Cc1nn(Cc2ccccc2)c(Cl)c1C=C(CCC(=O)O)c1nc2ccccc2s1. The van der Waals surface area contributed by atoms with Crippen LogP contribution in [0, 0.1) is 6.92 Å². The Balaban J connectivity index is 1.73. The van der Waals surface area contributed by atoms with Crippen LogP contribution in [0.1, 0.15) is 34.7 Å². The molecule has 0 aliphatic rings. The van der Waals surface area contributed by atoms with E-state index in [2.05, 4.69) is 5.10 Å². The molecular weight excluding hydrogens is 418 g/mol. The number of allylic oxidation sites excluding steroid dienone is 1. The second-order valence-corrected chi connectivity index (χ2v) is 8.37. The summed E-state index contributed by atoms with van der Waals surface area (Å²) in [6, 6.07) is 17.9. The minimum atomic E-state index is -0.843. The standard InChI is InChI=1S/C23H20ClN3O2S/c1-15-18(22(24)27(26-15)14-16-7-3-2-4-8-16)13-17(11-12-21(28)29)23-25-19-9-5-6-10-20(19)30-23/h2-10,13H,11-12,14H2,1H3,(H,28,29). The second-order valence-electron chi connectivity index (χ2n) is 6.98. The molecule has 30 heavy (non-hydrogen) atoms. The van der Waals surface area contributed by atoms with Crippen molar-refractivity contribution in [1.29, 1.82) is 0 Å². The van der Waals surface area contributed by atoms with Gasteiger partial charge in [-0.15, -0.1) is 11.3 Å². The van der Waals surface area contributed by atoms with Crippen LogP contribution in [0.3, 0.4) is 0 Å². The highest BCUT2D eigenvalue weighted by Gasteiger charge is 2.16. The molecule has 0 saturated heterocycles. The number of carboxylic acids is 1. The van der Waals surface area contributed by atoms with Gasteiger partial charge in [-0.3, -0.25) is 4.79 Å². The molecule has 4 rings (SSSR count). The molecule has 7 heteroatoms. The van der Waals surface area contributed by atoms with E-state index in [1.807, 2.05) is 67.6 Å². The van der Waals surface area contributed by atoms with Crippen LogP contribution >= 0.6 is 22.9 Å². The minimum Gasteiger partial charge on any atom is -0.481 e. The van der Waals surface area contributed by atoms with Crippen LogP contribution in [-0.4, -0.2) is 25.8 Å². The highest BCUT2D eigenvalue weighted by atomic mass is 35.5. The molecule has 0 fully saturated rings. The van der Waals surface area contributed by atoms with Gasteiger partial charge in [0, 0.05) is 12.0 Å². The third-order valence-corrected chi connectivity index (χ3v) is 6.29. The zero-order valence-electron chi connectivity index (χ0n) is 16.4. The van der Waals surface area contributed by atoms with E-state index < -0.39 is 5.97 Å². The number of benzene rings is 2. The number of fused-ring (bicyclic) bond motifs is 1. The maximum absolute atomic E-state index is 11.2. The number of aryl methyl sites for hydroxylation is 1. The average molecular weight is 438 g/mol. The third-order valence-electron chi connectivity index (χ3n) is 4.78. The van der Waals surface area contributed by atoms with Crippen molar-refractivity contribution < 1.29 is 9.90 Å². The highest BCUT2D eigenvalue weighted by molar-refractivity contribution is 7.19. The van der Waals surface area contributed by atoms with E-state index in [1.165, 1.54) is 0 Å². The third kappa shape index (κ3) is 4.45. The second kappa shape index (κ2) is 8.81. The largest absolute Gasteiger partial charge is 0.481 e. The van der Waals surface area contributed by atoms with Gasteiger partial charge in [0.05, 0.1) is 22.5 Å². The summed E-state index contributed by atoms with van der Waals surface area (Å²) in [5.41, 5.74) is 4.45. The number of hydrogen-bond acceptors (Lipinski definition) is 4. The van der Waals surface area contributed by atoms with Gasteiger partial charge in [-0.1, -0.05) is 54.1 Å². The first-order valence-corrected chi connectivity index (χ1v) is 10.8. The Morgan fingerprint density at radius 3 is 2.60 bits per heavy atom. The first-order chi connectivity index (χ1) is 14.5. The van der Waals surface area contributed by atoms with E-state index in [1.54, 1.807) is 16.0 Å². The van der Waals surface area contributed by atoms with Crippen molar-refractivity contribution in [2.45, 2.75) is 26.3 Å². The lowest BCUT2D eigenvalue weighted by molar-refractivity contribution is -0.136. The van der Waals surface area contributed by atoms with Crippen molar-refractivity contribution in [3.8, 4) is 0 Å². The molecule has 0 aliphatic heterocycles. The highest BCUT2D eigenvalue weighted by Crippen LogP contribution is 2.33. The first-order valence-electron chi connectivity index (χ1n) is 9.56. The van der Waals surface area contributed by atoms with Crippen LogP contribution in [0.2, 0.25) is 5.15 Å². The number of hydrogen-bond donors (Lipinski definition) is 1. The van der Waals surface area contributed by atoms with E-state index in [-0.39, 0.29) is 6.42 Å². The fraction of sp³-hybridized carbons (Fsp3) is 0.174. The number of rotatable bonds is 7. The van der Waals surface area contributed by atoms with E-state index in [0.717, 1.165) is 37.6 Å². The molecule has 2 heterocycles. The number of carboxylic acid groups (broad SMARTS) is 1. The summed E-state index contributed by atoms with van der Waals surface area (Å²) in [7, 11) is 0. The molecule has 0 bridgehead atoms. The normalized spacial score (nSPS) is 11.9. The summed E-state index contributed by atoms with van der Waals surface area (Å²) in [5.74, 6) is -0.843. The molecule has 0 radical (unpaired) electrons. The number of carbonyl (C=O) groups is 1. The van der Waals surface area contributed by atoms with Gasteiger partial charge in [0.2, 0.25) is 0 Å². The van der Waals surface area contributed by atoms with Crippen LogP contribution in [0.15, 0.2) is 54.6 Å². The summed E-state index contributed by atoms with van der Waals surface area (Å²) in [6.07, 6.45) is 2.33. The molecular formula is C23H20ClN3O2S. The van der Waals surface area contributed by atoms with E-state index in [4.69, 9.17) is 16.6 Å². The fourth-order valence-electron chi connectivity index (χ4n) is 3.26. The van der Waals surface area contributed by atoms with Gasteiger partial charge >= 0.3 is 5.97 Å². The lowest BCUT2D eigenvalue weighted by Crippen LogP contribution is -2.01.